The van der Waals surface area contributed by atoms with Crippen LogP contribution in [0.5, 0.6) is 5.75 Å². The molecule has 0 spiro atoms. The van der Waals surface area contributed by atoms with E-state index < -0.39 is 62.2 Å². The third kappa shape index (κ3) is 8.23. The Bertz CT molecular complexity index is 1880. The van der Waals surface area contributed by atoms with Gasteiger partial charge in [-0.2, -0.15) is 15.4 Å². The second kappa shape index (κ2) is 16.4. The van der Waals surface area contributed by atoms with Gasteiger partial charge in [0.15, 0.2) is 18.0 Å². The number of aryl methyl sites for hydroxylation is 1. The van der Waals surface area contributed by atoms with E-state index in [9.17, 15) is 24.2 Å². The highest BCUT2D eigenvalue weighted by Crippen LogP contribution is 2.50. The smallest absolute Gasteiger partial charge is 0.459 e. The largest absolute Gasteiger partial charge is 0.464 e. The molecule has 1 fully saturated rings. The third-order valence-corrected chi connectivity index (χ3v) is 11.0. The number of ether oxygens (including phenoxy) is 4. The highest BCUT2D eigenvalue weighted by molar-refractivity contribution is 7.52. The maximum Gasteiger partial charge on any atom is 0.459 e. The summed E-state index contributed by atoms with van der Waals surface area (Å²) >= 11 is 0. The molecular formula is C35H45N6O10P. The van der Waals surface area contributed by atoms with Crippen LogP contribution in [-0.4, -0.2) is 70.1 Å². The van der Waals surface area contributed by atoms with E-state index in [1.54, 1.807) is 18.2 Å². The molecule has 3 heterocycles. The first-order valence-electron chi connectivity index (χ1n) is 17.4. The van der Waals surface area contributed by atoms with Crippen LogP contribution in [0.1, 0.15) is 77.1 Å². The quantitative estimate of drug-likeness (QED) is 0.126. The number of hydrogen-bond acceptors (Lipinski definition) is 14. The van der Waals surface area contributed by atoms with Crippen molar-refractivity contribution in [2.45, 2.75) is 103 Å². The lowest BCUT2D eigenvalue weighted by Gasteiger charge is -2.28. The number of nitriles is 1. The molecule has 280 valence electrons. The Morgan fingerprint density at radius 2 is 1.87 bits per heavy atom. The summed E-state index contributed by atoms with van der Waals surface area (Å²) in [5, 5.41) is 17.7. The van der Waals surface area contributed by atoms with E-state index >= 15 is 0 Å². The zero-order valence-electron chi connectivity index (χ0n) is 29.9. The Labute approximate surface area is 301 Å². The van der Waals surface area contributed by atoms with Crippen LogP contribution in [0.4, 0.5) is 5.82 Å². The predicted molar refractivity (Wildman–Crippen MR) is 186 cm³/mol. The minimum absolute atomic E-state index is 0.0901. The Morgan fingerprint density at radius 1 is 1.13 bits per heavy atom. The van der Waals surface area contributed by atoms with Crippen LogP contribution >= 0.6 is 7.75 Å². The lowest BCUT2D eigenvalue weighted by molar-refractivity contribution is -0.166. The van der Waals surface area contributed by atoms with Crippen LogP contribution in [0, 0.1) is 17.2 Å². The van der Waals surface area contributed by atoms with E-state index in [0.29, 0.717) is 17.7 Å². The van der Waals surface area contributed by atoms with Gasteiger partial charge in [-0.25, -0.2) is 14.1 Å². The van der Waals surface area contributed by atoms with Crippen LogP contribution in [0.2, 0.25) is 0 Å². The molecule has 6 atom stereocenters. The monoisotopic (exact) mass is 740 g/mol. The number of anilines is 1. The molecule has 3 aromatic rings. The number of nitrogen functional groups attached to an aromatic ring is 1. The summed E-state index contributed by atoms with van der Waals surface area (Å²) in [4.78, 5) is 42.0. The first kappa shape index (κ1) is 38.7. The topological polar surface area (TPSA) is 216 Å². The van der Waals surface area contributed by atoms with Gasteiger partial charge in [0, 0.05) is 13.8 Å². The van der Waals surface area contributed by atoms with Crippen molar-refractivity contribution < 1.29 is 46.9 Å². The molecule has 52 heavy (non-hydrogen) atoms. The number of aromatic nitrogens is 3. The number of carbonyl (C=O) groups is 3. The number of fused-ring (bicyclic) bond motifs is 2. The summed E-state index contributed by atoms with van der Waals surface area (Å²) in [6, 6.07) is 9.44. The van der Waals surface area contributed by atoms with Crippen LogP contribution < -0.4 is 15.3 Å². The average Bonchev–Trinajstić information content (AvgIpc) is 3.68. The first-order valence-corrected chi connectivity index (χ1v) is 18.9. The lowest BCUT2D eigenvalue weighted by atomic mass is 9.91. The van der Waals surface area contributed by atoms with E-state index in [-0.39, 0.29) is 24.0 Å². The number of nitrogens with zero attached hydrogens (tertiary/aromatic N) is 4. The van der Waals surface area contributed by atoms with Gasteiger partial charge >= 0.3 is 25.7 Å². The maximum absolute atomic E-state index is 14.7. The van der Waals surface area contributed by atoms with Crippen LogP contribution in [-0.2, 0) is 60.9 Å². The molecule has 1 saturated heterocycles. The molecule has 3 N–H and O–H groups in total. The van der Waals surface area contributed by atoms with Gasteiger partial charge in [0.05, 0.1) is 18.9 Å². The van der Waals surface area contributed by atoms with Crippen molar-refractivity contribution in [1.29, 1.82) is 5.26 Å². The highest BCUT2D eigenvalue weighted by atomic mass is 31.2. The van der Waals surface area contributed by atoms with Crippen molar-refractivity contribution in [3.63, 3.8) is 0 Å². The molecule has 1 aliphatic carbocycles. The van der Waals surface area contributed by atoms with Gasteiger partial charge in [-0.3, -0.25) is 18.9 Å². The summed E-state index contributed by atoms with van der Waals surface area (Å²) in [7, 11) is -4.48. The van der Waals surface area contributed by atoms with Gasteiger partial charge in [-0.05, 0) is 67.9 Å². The van der Waals surface area contributed by atoms with E-state index in [4.69, 9.17) is 33.7 Å². The molecule has 1 unspecified atom stereocenters. The minimum atomic E-state index is -4.48. The number of nitrogens with two attached hydrogens (primary N) is 1. The molecule has 0 radical (unpaired) electrons. The van der Waals surface area contributed by atoms with Crippen LogP contribution in [0.15, 0.2) is 36.7 Å². The summed E-state index contributed by atoms with van der Waals surface area (Å²) in [5.41, 5.74) is 6.26. The average molecular weight is 741 g/mol. The third-order valence-electron chi connectivity index (χ3n) is 9.33. The minimum Gasteiger partial charge on any atom is -0.464 e. The molecule has 5 rings (SSSR count). The second-order valence-corrected chi connectivity index (χ2v) is 14.6. The van der Waals surface area contributed by atoms with E-state index in [1.807, 2.05) is 19.9 Å². The number of benzene rings is 1. The molecule has 0 amide bonds. The zero-order valence-corrected chi connectivity index (χ0v) is 30.8. The molecular weight excluding hydrogens is 695 g/mol. The van der Waals surface area contributed by atoms with Crippen molar-refractivity contribution >= 4 is 37.0 Å². The highest BCUT2D eigenvalue weighted by Gasteiger charge is 2.62. The summed E-state index contributed by atoms with van der Waals surface area (Å²) in [5.74, 6) is -1.66. The Morgan fingerprint density at radius 3 is 2.56 bits per heavy atom. The molecule has 0 saturated carbocycles. The summed E-state index contributed by atoms with van der Waals surface area (Å²) in [6.07, 6.45) is 1.88. The van der Waals surface area contributed by atoms with E-state index in [2.05, 4.69) is 21.2 Å². The van der Waals surface area contributed by atoms with Gasteiger partial charge in [-0.1, -0.05) is 38.8 Å². The Kier molecular flexibility index (Phi) is 12.2. The predicted octanol–water partition coefficient (Wildman–Crippen LogP) is 4.33. The molecule has 2 aromatic heterocycles. The van der Waals surface area contributed by atoms with Gasteiger partial charge in [-0.15, -0.1) is 0 Å². The number of carbonyl (C=O) groups excluding carboxylic acids is 3. The normalized spacial score (nSPS) is 22.9. The second-order valence-electron chi connectivity index (χ2n) is 12.9. The summed E-state index contributed by atoms with van der Waals surface area (Å²) < 4.78 is 51.3. The maximum atomic E-state index is 14.7. The number of hydrogen-bond donors (Lipinski definition) is 2. The van der Waals surface area contributed by atoms with E-state index in [1.165, 1.54) is 23.8 Å². The number of nitrogens with one attached hydrogen (secondary N) is 1. The van der Waals surface area contributed by atoms with Crippen molar-refractivity contribution in [2.75, 3.05) is 18.9 Å². The van der Waals surface area contributed by atoms with Crippen molar-refractivity contribution in [3.8, 4) is 11.8 Å². The molecule has 1 aliphatic heterocycles. The molecule has 2 aliphatic rings. The zero-order chi connectivity index (χ0) is 37.6. The number of esters is 3. The van der Waals surface area contributed by atoms with Crippen molar-refractivity contribution in [2.24, 2.45) is 5.92 Å². The number of rotatable bonds is 15. The molecule has 17 heteroatoms. The van der Waals surface area contributed by atoms with E-state index in [0.717, 1.165) is 57.1 Å². The SMILES string of the molecule is CCC(CC)COC(=O)[C@H](C)NP(=O)(OC[C@H]1O[C@@](C#N)(c2ccc3c(N)ncnn23)[C@H](OC(C)=O)[C@@H]1OC(C)=O)Oc1cccc2c1CCCC2. The Hall–Kier alpha value is -4.55. The lowest BCUT2D eigenvalue weighted by Crippen LogP contribution is -2.45. The molecule has 0 bridgehead atoms. The van der Waals surface area contributed by atoms with Crippen molar-refractivity contribution in [1.82, 2.24) is 19.7 Å². The first-order chi connectivity index (χ1) is 24.8. The van der Waals surface area contributed by atoms with Gasteiger partial charge in [0.2, 0.25) is 5.60 Å². The Balaban J connectivity index is 1.50. The van der Waals surface area contributed by atoms with Gasteiger partial charge in [0.1, 0.15) is 35.8 Å². The van der Waals surface area contributed by atoms with Crippen molar-refractivity contribution in [3.05, 3.63) is 53.5 Å². The van der Waals surface area contributed by atoms with Crippen LogP contribution in [0.3, 0.4) is 0 Å². The summed E-state index contributed by atoms with van der Waals surface area (Å²) in [6.45, 7) is 7.32. The van der Waals surface area contributed by atoms with Gasteiger partial charge in [0.25, 0.3) is 0 Å². The fourth-order valence-electron chi connectivity index (χ4n) is 6.54. The fraction of sp³-hybridized carbons (Fsp3) is 0.543. The van der Waals surface area contributed by atoms with Gasteiger partial charge < -0.3 is 29.2 Å². The fourth-order valence-corrected chi connectivity index (χ4v) is 8.07. The molecule has 16 nitrogen and oxygen atoms in total. The standard InChI is InChI=1S/C35H45N6O10P/c1-6-24(7-2)17-46-34(44)21(3)40-52(45,51-28-14-10-12-25-11-8-9-13-26(25)28)47-18-29-31(48-22(4)42)32(49-23(5)43)35(19-36,50-29)30-16-15-27-33(37)38-20-39-41(27)30/h10,12,14-16,20-21,24,29,31-32H,6-9,11,13,17-18H2,1-5H3,(H,40,45)(H2,37,38,39)/t21-,29+,31+,32+,35-,52?/m0/s1. The molecule has 1 aromatic carbocycles. The van der Waals surface area contributed by atoms with Crippen LogP contribution in [0.25, 0.3) is 5.52 Å².